The number of benzene rings is 3. The number of amides is 1. The van der Waals surface area contributed by atoms with Crippen molar-refractivity contribution < 1.29 is 18.7 Å². The van der Waals surface area contributed by atoms with Crippen LogP contribution in [0.4, 0.5) is 14.7 Å². The first-order valence-corrected chi connectivity index (χ1v) is 12.2. The molecule has 2 heterocycles. The third kappa shape index (κ3) is 3.91. The molecule has 2 fully saturated rings. The second kappa shape index (κ2) is 8.71. The maximum atomic E-state index is 15.2. The van der Waals surface area contributed by atoms with Gasteiger partial charge in [-0.1, -0.05) is 24.3 Å². The molecule has 0 radical (unpaired) electrons. The Balaban J connectivity index is 1.18. The third-order valence-electron chi connectivity index (χ3n) is 7.38. The van der Waals surface area contributed by atoms with Gasteiger partial charge in [-0.2, -0.15) is 0 Å². The predicted molar refractivity (Wildman–Crippen MR) is 134 cm³/mol. The molecule has 1 amide bonds. The van der Waals surface area contributed by atoms with Gasteiger partial charge in [0.2, 0.25) is 11.9 Å². The third-order valence-corrected chi connectivity index (χ3v) is 7.38. The van der Waals surface area contributed by atoms with E-state index in [0.717, 1.165) is 17.0 Å². The van der Waals surface area contributed by atoms with Gasteiger partial charge in [-0.3, -0.25) is 4.79 Å². The van der Waals surface area contributed by atoms with Gasteiger partial charge >= 0.3 is 0 Å². The number of aromatic amines is 1. The van der Waals surface area contributed by atoms with Crippen LogP contribution in [0.2, 0.25) is 0 Å². The zero-order valence-electron chi connectivity index (χ0n) is 19.7. The summed E-state index contributed by atoms with van der Waals surface area (Å²) in [4.78, 5) is 25.6. The van der Waals surface area contributed by atoms with Gasteiger partial charge in [-0.25, -0.2) is 13.8 Å². The largest absolute Gasteiger partial charge is 0.392 e. The number of carbonyl (C=O) groups is 1. The average Bonchev–Trinajstić information content (AvgIpc) is 3.60. The van der Waals surface area contributed by atoms with Gasteiger partial charge in [0.15, 0.2) is 0 Å². The highest BCUT2D eigenvalue weighted by atomic mass is 19.1. The van der Waals surface area contributed by atoms with Crippen molar-refractivity contribution >= 4 is 22.9 Å². The van der Waals surface area contributed by atoms with Gasteiger partial charge in [-0.15, -0.1) is 0 Å². The zero-order chi connectivity index (χ0) is 24.9. The molecule has 0 atom stereocenters. The summed E-state index contributed by atoms with van der Waals surface area (Å²) in [5, 5.41) is 9.35. The number of rotatable bonds is 5. The SMILES string of the molecule is O=C(N1CCN(c2nc3ccccc3[nH]2)CC1)C1(c2ccc(-c3cc(F)cc(CO)c3)c(F)c2)CC1. The van der Waals surface area contributed by atoms with Gasteiger partial charge in [-0.05, 0) is 65.9 Å². The number of aliphatic hydroxyl groups is 1. The number of fused-ring (bicyclic) bond motifs is 1. The summed E-state index contributed by atoms with van der Waals surface area (Å²) < 4.78 is 29.1. The summed E-state index contributed by atoms with van der Waals surface area (Å²) in [7, 11) is 0. The van der Waals surface area contributed by atoms with E-state index >= 15 is 4.39 Å². The van der Waals surface area contributed by atoms with Gasteiger partial charge < -0.3 is 19.9 Å². The summed E-state index contributed by atoms with van der Waals surface area (Å²) in [6.07, 6.45) is 1.37. The van der Waals surface area contributed by atoms with Crippen LogP contribution in [0.15, 0.2) is 60.7 Å². The molecule has 1 aliphatic carbocycles. The van der Waals surface area contributed by atoms with Gasteiger partial charge in [0, 0.05) is 31.7 Å². The van der Waals surface area contributed by atoms with Crippen molar-refractivity contribution in [3.05, 3.63) is 83.4 Å². The summed E-state index contributed by atoms with van der Waals surface area (Å²) in [5.74, 6) is -0.192. The van der Waals surface area contributed by atoms with Crippen LogP contribution in [0.25, 0.3) is 22.2 Å². The minimum atomic E-state index is -0.695. The fourth-order valence-corrected chi connectivity index (χ4v) is 5.21. The maximum absolute atomic E-state index is 15.2. The van der Waals surface area contributed by atoms with E-state index in [4.69, 9.17) is 0 Å². The minimum Gasteiger partial charge on any atom is -0.392 e. The minimum absolute atomic E-state index is 0.0345. The van der Waals surface area contributed by atoms with Crippen LogP contribution in [-0.2, 0) is 16.8 Å². The molecule has 3 aromatic carbocycles. The molecule has 0 unspecified atom stereocenters. The summed E-state index contributed by atoms with van der Waals surface area (Å²) in [5.41, 5.74) is 2.85. The molecule has 8 heteroatoms. The number of carbonyl (C=O) groups excluding carboxylic acids is 1. The number of H-pyrrole nitrogens is 1. The molecular formula is C28H26F2N4O2. The number of nitrogens with zero attached hydrogens (tertiary/aromatic N) is 3. The van der Waals surface area contributed by atoms with E-state index in [0.29, 0.717) is 55.7 Å². The molecule has 2 N–H and O–H groups in total. The fraction of sp³-hybridized carbons (Fsp3) is 0.286. The van der Waals surface area contributed by atoms with Crippen molar-refractivity contribution in [2.45, 2.75) is 24.9 Å². The number of nitrogens with one attached hydrogen (secondary N) is 1. The van der Waals surface area contributed by atoms with Gasteiger partial charge in [0.05, 0.1) is 23.1 Å². The van der Waals surface area contributed by atoms with E-state index in [-0.39, 0.29) is 18.1 Å². The Morgan fingerprint density at radius 1 is 1.00 bits per heavy atom. The fourth-order valence-electron chi connectivity index (χ4n) is 5.21. The normalized spacial score (nSPS) is 17.0. The number of aromatic nitrogens is 2. The van der Waals surface area contributed by atoms with Crippen LogP contribution in [0, 0.1) is 11.6 Å². The number of halogens is 2. The van der Waals surface area contributed by atoms with Crippen LogP contribution in [0.1, 0.15) is 24.0 Å². The number of piperazine rings is 1. The van der Waals surface area contributed by atoms with Crippen LogP contribution in [-0.4, -0.2) is 52.1 Å². The van der Waals surface area contributed by atoms with Crippen molar-refractivity contribution in [3.8, 4) is 11.1 Å². The molecule has 2 aliphatic rings. The predicted octanol–water partition coefficient (Wildman–Crippen LogP) is 4.38. The molecule has 0 bridgehead atoms. The standard InChI is InChI=1S/C28H26F2N4O2/c29-21-14-18(17-35)13-19(15-21)22-6-5-20(16-23(22)30)28(7-8-28)26(36)33-9-11-34(12-10-33)27-31-24-3-1-2-4-25(24)32-27/h1-6,13-16,35H,7-12,17H2,(H,31,32). The van der Waals surface area contributed by atoms with E-state index in [9.17, 15) is 14.3 Å². The first-order valence-electron chi connectivity index (χ1n) is 12.2. The first-order chi connectivity index (χ1) is 17.5. The lowest BCUT2D eigenvalue weighted by Gasteiger charge is -2.36. The lowest BCUT2D eigenvalue weighted by Crippen LogP contribution is -2.51. The lowest BCUT2D eigenvalue weighted by atomic mass is 9.91. The Morgan fingerprint density at radius 2 is 1.78 bits per heavy atom. The van der Waals surface area contributed by atoms with Crippen LogP contribution < -0.4 is 4.90 Å². The van der Waals surface area contributed by atoms with E-state index in [2.05, 4.69) is 14.9 Å². The number of aliphatic hydroxyl groups excluding tert-OH is 1. The highest BCUT2D eigenvalue weighted by Gasteiger charge is 2.53. The summed E-state index contributed by atoms with van der Waals surface area (Å²) in [6.45, 7) is 2.16. The number of hydrogen-bond acceptors (Lipinski definition) is 4. The molecule has 0 spiro atoms. The number of hydrogen-bond donors (Lipinski definition) is 2. The second-order valence-electron chi connectivity index (χ2n) is 9.64. The molecule has 184 valence electrons. The van der Waals surface area contributed by atoms with E-state index in [1.807, 2.05) is 29.2 Å². The second-order valence-corrected chi connectivity index (χ2v) is 9.64. The van der Waals surface area contributed by atoms with Crippen molar-refractivity contribution in [2.24, 2.45) is 0 Å². The Bertz CT molecular complexity index is 1420. The Hall–Kier alpha value is -3.78. The highest BCUT2D eigenvalue weighted by molar-refractivity contribution is 5.91. The number of para-hydroxylation sites is 2. The molecule has 4 aromatic rings. The molecular weight excluding hydrogens is 462 g/mol. The van der Waals surface area contributed by atoms with E-state index in [1.54, 1.807) is 18.2 Å². The Labute approximate surface area is 207 Å². The quantitative estimate of drug-likeness (QED) is 0.437. The lowest BCUT2D eigenvalue weighted by molar-refractivity contribution is -0.134. The van der Waals surface area contributed by atoms with Crippen molar-refractivity contribution in [2.75, 3.05) is 31.1 Å². The molecule has 6 rings (SSSR count). The highest BCUT2D eigenvalue weighted by Crippen LogP contribution is 2.50. The van der Waals surface area contributed by atoms with Gasteiger partial charge in [0.25, 0.3) is 0 Å². The van der Waals surface area contributed by atoms with Crippen LogP contribution in [0.5, 0.6) is 0 Å². The molecule has 1 aliphatic heterocycles. The van der Waals surface area contributed by atoms with Gasteiger partial charge in [0.1, 0.15) is 11.6 Å². The van der Waals surface area contributed by atoms with Crippen molar-refractivity contribution in [1.82, 2.24) is 14.9 Å². The van der Waals surface area contributed by atoms with E-state index < -0.39 is 17.0 Å². The number of anilines is 1. The van der Waals surface area contributed by atoms with Crippen molar-refractivity contribution in [1.29, 1.82) is 0 Å². The first kappa shape index (κ1) is 22.7. The molecule has 1 saturated carbocycles. The smallest absolute Gasteiger partial charge is 0.233 e. The van der Waals surface area contributed by atoms with Crippen molar-refractivity contribution in [3.63, 3.8) is 0 Å². The molecule has 1 aromatic heterocycles. The monoisotopic (exact) mass is 488 g/mol. The topological polar surface area (TPSA) is 72.5 Å². The van der Waals surface area contributed by atoms with Crippen LogP contribution >= 0.6 is 0 Å². The Morgan fingerprint density at radius 3 is 2.47 bits per heavy atom. The number of imidazole rings is 1. The summed E-state index contributed by atoms with van der Waals surface area (Å²) in [6, 6.07) is 16.7. The molecule has 1 saturated heterocycles. The average molecular weight is 489 g/mol. The summed E-state index contributed by atoms with van der Waals surface area (Å²) >= 11 is 0. The molecule has 6 nitrogen and oxygen atoms in total. The van der Waals surface area contributed by atoms with Crippen LogP contribution in [0.3, 0.4) is 0 Å². The Kier molecular flexibility index (Phi) is 5.48. The zero-order valence-corrected chi connectivity index (χ0v) is 19.7. The maximum Gasteiger partial charge on any atom is 0.233 e. The molecule has 36 heavy (non-hydrogen) atoms. The van der Waals surface area contributed by atoms with E-state index in [1.165, 1.54) is 18.2 Å².